The van der Waals surface area contributed by atoms with Crippen LogP contribution in [-0.4, -0.2) is 37.9 Å². The van der Waals surface area contributed by atoms with Gasteiger partial charge < -0.3 is 19.7 Å². The van der Waals surface area contributed by atoms with E-state index >= 15 is 0 Å². The molecule has 0 saturated carbocycles. The van der Waals surface area contributed by atoms with Crippen LogP contribution in [0.2, 0.25) is 0 Å². The van der Waals surface area contributed by atoms with E-state index in [2.05, 4.69) is 10.2 Å². The van der Waals surface area contributed by atoms with Crippen LogP contribution in [0.15, 0.2) is 24.3 Å². The van der Waals surface area contributed by atoms with Crippen molar-refractivity contribution in [1.29, 1.82) is 0 Å². The Morgan fingerprint density at radius 1 is 1.20 bits per heavy atom. The van der Waals surface area contributed by atoms with Gasteiger partial charge in [0.1, 0.15) is 5.75 Å². The second kappa shape index (κ2) is 6.13. The predicted octanol–water partition coefficient (Wildman–Crippen LogP) is 2.41. The number of morpholine rings is 1. The van der Waals surface area contributed by atoms with Crippen molar-refractivity contribution >= 4 is 11.8 Å². The topological polar surface area (TPSA) is 50.8 Å². The minimum Gasteiger partial charge on any atom is -0.410 e. The normalized spacial score (nSPS) is 15.8. The van der Waals surface area contributed by atoms with Crippen LogP contribution in [0.1, 0.15) is 20.8 Å². The number of hydrogen-bond donors (Lipinski definition) is 1. The zero-order valence-corrected chi connectivity index (χ0v) is 12.3. The van der Waals surface area contributed by atoms with Gasteiger partial charge in [-0.3, -0.25) is 0 Å². The third kappa shape index (κ3) is 4.42. The molecule has 0 aliphatic carbocycles. The standard InChI is InChI=1S/C15H22N2O3/c1-15(2,3)16-14(18)20-13-6-4-12(5-7-13)17-8-10-19-11-9-17/h4-7H,8-11H2,1-3H3,(H,16,18). The Hall–Kier alpha value is -1.75. The van der Waals surface area contributed by atoms with Crippen molar-refractivity contribution in [3.05, 3.63) is 24.3 Å². The molecule has 0 radical (unpaired) electrons. The lowest BCUT2D eigenvalue weighted by atomic mass is 10.1. The fourth-order valence-corrected chi connectivity index (χ4v) is 1.99. The molecule has 1 N–H and O–H groups in total. The molecule has 0 aromatic heterocycles. The number of carbonyl (C=O) groups is 1. The molecule has 1 aliphatic heterocycles. The first kappa shape index (κ1) is 14.7. The summed E-state index contributed by atoms with van der Waals surface area (Å²) in [5, 5.41) is 2.76. The van der Waals surface area contributed by atoms with E-state index in [1.165, 1.54) is 0 Å². The Bertz CT molecular complexity index is 445. The lowest BCUT2D eigenvalue weighted by Gasteiger charge is -2.28. The van der Waals surface area contributed by atoms with Crippen LogP contribution in [0.5, 0.6) is 5.75 Å². The maximum atomic E-state index is 11.7. The second-order valence-corrected chi connectivity index (χ2v) is 5.86. The minimum absolute atomic E-state index is 0.301. The van der Waals surface area contributed by atoms with Gasteiger partial charge in [-0.2, -0.15) is 0 Å². The predicted molar refractivity (Wildman–Crippen MR) is 78.4 cm³/mol. The Morgan fingerprint density at radius 3 is 2.35 bits per heavy atom. The first-order chi connectivity index (χ1) is 9.44. The van der Waals surface area contributed by atoms with Gasteiger partial charge in [-0.1, -0.05) is 0 Å². The van der Waals surface area contributed by atoms with Crippen molar-refractivity contribution in [2.45, 2.75) is 26.3 Å². The van der Waals surface area contributed by atoms with Crippen molar-refractivity contribution in [2.75, 3.05) is 31.2 Å². The van der Waals surface area contributed by atoms with Crippen molar-refractivity contribution in [3.63, 3.8) is 0 Å². The molecule has 1 aliphatic rings. The molecule has 20 heavy (non-hydrogen) atoms. The first-order valence-corrected chi connectivity index (χ1v) is 6.87. The van der Waals surface area contributed by atoms with Gasteiger partial charge in [0.25, 0.3) is 0 Å². The maximum Gasteiger partial charge on any atom is 0.413 e. The van der Waals surface area contributed by atoms with E-state index in [1.807, 2.05) is 45.0 Å². The summed E-state index contributed by atoms with van der Waals surface area (Å²) in [5.41, 5.74) is 0.821. The van der Waals surface area contributed by atoms with Gasteiger partial charge in [-0.15, -0.1) is 0 Å². The van der Waals surface area contributed by atoms with Crippen LogP contribution in [0.3, 0.4) is 0 Å². The molecule has 0 atom stereocenters. The quantitative estimate of drug-likeness (QED) is 0.902. The highest BCUT2D eigenvalue weighted by Crippen LogP contribution is 2.20. The number of hydrogen-bond acceptors (Lipinski definition) is 4. The summed E-state index contributed by atoms with van der Waals surface area (Å²) in [4.78, 5) is 13.9. The van der Waals surface area contributed by atoms with Gasteiger partial charge in [0.05, 0.1) is 13.2 Å². The molecule has 1 aromatic rings. The molecule has 0 bridgehead atoms. The average Bonchev–Trinajstić information content (AvgIpc) is 2.38. The van der Waals surface area contributed by atoms with E-state index in [9.17, 15) is 4.79 Å². The van der Waals surface area contributed by atoms with Crippen LogP contribution in [0.25, 0.3) is 0 Å². The SMILES string of the molecule is CC(C)(C)NC(=O)Oc1ccc(N2CCOCC2)cc1. The summed E-state index contributed by atoms with van der Waals surface area (Å²) in [6, 6.07) is 7.55. The van der Waals surface area contributed by atoms with Gasteiger partial charge in [0, 0.05) is 24.3 Å². The molecule has 1 fully saturated rings. The van der Waals surface area contributed by atoms with Crippen molar-refractivity contribution in [2.24, 2.45) is 0 Å². The molecular formula is C15H22N2O3. The summed E-state index contributed by atoms with van der Waals surface area (Å²) in [5.74, 6) is 0.545. The number of nitrogens with zero attached hydrogens (tertiary/aromatic N) is 1. The number of rotatable bonds is 2. The summed E-state index contributed by atoms with van der Waals surface area (Å²) >= 11 is 0. The third-order valence-electron chi connectivity index (χ3n) is 2.90. The molecule has 5 nitrogen and oxygen atoms in total. The lowest BCUT2D eigenvalue weighted by molar-refractivity contribution is 0.122. The second-order valence-electron chi connectivity index (χ2n) is 5.86. The monoisotopic (exact) mass is 278 g/mol. The van der Waals surface area contributed by atoms with Crippen LogP contribution < -0.4 is 15.0 Å². The molecule has 1 amide bonds. The number of benzene rings is 1. The van der Waals surface area contributed by atoms with Gasteiger partial charge in [0.2, 0.25) is 0 Å². The van der Waals surface area contributed by atoms with Crippen molar-refractivity contribution in [1.82, 2.24) is 5.32 Å². The van der Waals surface area contributed by atoms with E-state index in [1.54, 1.807) is 0 Å². The molecule has 2 rings (SSSR count). The summed E-state index contributed by atoms with van der Waals surface area (Å²) < 4.78 is 10.6. The number of anilines is 1. The summed E-state index contributed by atoms with van der Waals surface area (Å²) in [6.45, 7) is 9.04. The van der Waals surface area contributed by atoms with Gasteiger partial charge in [-0.05, 0) is 45.0 Å². The smallest absolute Gasteiger partial charge is 0.410 e. The number of amides is 1. The fourth-order valence-electron chi connectivity index (χ4n) is 1.99. The third-order valence-corrected chi connectivity index (χ3v) is 2.90. The van der Waals surface area contributed by atoms with E-state index in [0.29, 0.717) is 5.75 Å². The molecule has 5 heteroatoms. The molecule has 0 spiro atoms. The maximum absolute atomic E-state index is 11.7. The highest BCUT2D eigenvalue weighted by Gasteiger charge is 2.15. The molecule has 1 aromatic carbocycles. The van der Waals surface area contributed by atoms with Crippen LogP contribution in [-0.2, 0) is 4.74 Å². The van der Waals surface area contributed by atoms with Gasteiger partial charge in [0.15, 0.2) is 0 Å². The van der Waals surface area contributed by atoms with Gasteiger partial charge >= 0.3 is 6.09 Å². The van der Waals surface area contributed by atoms with Crippen LogP contribution >= 0.6 is 0 Å². The number of ether oxygens (including phenoxy) is 2. The van der Waals surface area contributed by atoms with E-state index in [0.717, 1.165) is 32.0 Å². The highest BCUT2D eigenvalue weighted by atomic mass is 16.6. The highest BCUT2D eigenvalue weighted by molar-refractivity contribution is 5.71. The first-order valence-electron chi connectivity index (χ1n) is 6.87. The Balaban J connectivity index is 1.92. The molecule has 1 saturated heterocycles. The molecule has 1 heterocycles. The summed E-state index contributed by atoms with van der Waals surface area (Å²) in [6.07, 6.45) is -0.434. The van der Waals surface area contributed by atoms with E-state index in [4.69, 9.17) is 9.47 Å². The zero-order valence-electron chi connectivity index (χ0n) is 12.3. The minimum atomic E-state index is -0.434. The van der Waals surface area contributed by atoms with Crippen LogP contribution in [0.4, 0.5) is 10.5 Å². The van der Waals surface area contributed by atoms with E-state index < -0.39 is 6.09 Å². The number of carbonyl (C=O) groups excluding carboxylic acids is 1. The van der Waals surface area contributed by atoms with Crippen LogP contribution in [0, 0.1) is 0 Å². The lowest BCUT2D eigenvalue weighted by Crippen LogP contribution is -2.42. The number of nitrogens with one attached hydrogen (secondary N) is 1. The largest absolute Gasteiger partial charge is 0.413 e. The Morgan fingerprint density at radius 2 is 1.80 bits per heavy atom. The molecule has 0 unspecified atom stereocenters. The van der Waals surface area contributed by atoms with Crippen molar-refractivity contribution < 1.29 is 14.3 Å². The van der Waals surface area contributed by atoms with E-state index in [-0.39, 0.29) is 5.54 Å². The Labute approximate surface area is 119 Å². The summed E-state index contributed by atoms with van der Waals surface area (Å²) in [7, 11) is 0. The molecule has 110 valence electrons. The Kier molecular flexibility index (Phi) is 4.49. The van der Waals surface area contributed by atoms with Gasteiger partial charge in [-0.25, -0.2) is 4.79 Å². The molecular weight excluding hydrogens is 256 g/mol. The zero-order chi connectivity index (χ0) is 14.6. The fraction of sp³-hybridized carbons (Fsp3) is 0.533. The average molecular weight is 278 g/mol. The van der Waals surface area contributed by atoms with Crippen molar-refractivity contribution in [3.8, 4) is 5.75 Å².